The van der Waals surface area contributed by atoms with Crippen LogP contribution >= 0.6 is 11.6 Å². The monoisotopic (exact) mass is 403 g/mol. The molecule has 0 bridgehead atoms. The first-order valence-corrected chi connectivity index (χ1v) is 10.2. The summed E-state index contributed by atoms with van der Waals surface area (Å²) in [5, 5.41) is 8.41. The predicted octanol–water partition coefficient (Wildman–Crippen LogP) is 2.22. The summed E-state index contributed by atoms with van der Waals surface area (Å²) in [6.07, 6.45) is 5.84. The molecule has 28 heavy (non-hydrogen) atoms. The van der Waals surface area contributed by atoms with E-state index in [4.69, 9.17) is 16.3 Å². The van der Waals surface area contributed by atoms with E-state index >= 15 is 0 Å². The Kier molecular flexibility index (Phi) is 5.94. The number of aromatic nitrogens is 3. The molecule has 0 radical (unpaired) electrons. The molecule has 2 saturated heterocycles. The molecule has 0 N–H and O–H groups in total. The molecule has 0 aliphatic carbocycles. The molecule has 4 rings (SSSR count). The minimum Gasteiger partial charge on any atom is -0.373 e. The first-order chi connectivity index (χ1) is 13.6. The molecule has 2 fully saturated rings. The van der Waals surface area contributed by atoms with Crippen molar-refractivity contribution in [3.05, 3.63) is 47.5 Å². The van der Waals surface area contributed by atoms with Gasteiger partial charge in [0.15, 0.2) is 0 Å². The van der Waals surface area contributed by atoms with Crippen LogP contribution in [0.3, 0.4) is 0 Å². The highest BCUT2D eigenvalue weighted by Gasteiger charge is 2.40. The van der Waals surface area contributed by atoms with Crippen LogP contribution in [0.2, 0.25) is 5.02 Å². The van der Waals surface area contributed by atoms with E-state index in [2.05, 4.69) is 15.1 Å². The van der Waals surface area contributed by atoms with Crippen LogP contribution in [0.5, 0.6) is 0 Å². The molecule has 3 heterocycles. The summed E-state index contributed by atoms with van der Waals surface area (Å²) in [4.78, 5) is 17.0. The lowest BCUT2D eigenvalue weighted by Crippen LogP contribution is -2.52. The fraction of sp³-hybridized carbons (Fsp3) is 0.550. The third-order valence-electron chi connectivity index (χ3n) is 5.75. The first-order valence-electron chi connectivity index (χ1n) is 9.83. The second kappa shape index (κ2) is 8.59. The van der Waals surface area contributed by atoms with Crippen molar-refractivity contribution in [2.75, 3.05) is 32.8 Å². The van der Waals surface area contributed by atoms with E-state index in [9.17, 15) is 4.79 Å². The van der Waals surface area contributed by atoms with Crippen LogP contribution in [-0.2, 0) is 22.6 Å². The number of rotatable bonds is 5. The highest BCUT2D eigenvalue weighted by atomic mass is 35.5. The summed E-state index contributed by atoms with van der Waals surface area (Å²) >= 11 is 5.98. The summed E-state index contributed by atoms with van der Waals surface area (Å²) in [6, 6.07) is 7.72. The van der Waals surface area contributed by atoms with Gasteiger partial charge in [-0.3, -0.25) is 4.79 Å². The van der Waals surface area contributed by atoms with Crippen molar-refractivity contribution in [3.8, 4) is 0 Å². The Labute approximate surface area is 170 Å². The van der Waals surface area contributed by atoms with Crippen LogP contribution in [-0.4, -0.2) is 68.9 Å². The third-order valence-corrected chi connectivity index (χ3v) is 6.00. The second-order valence-electron chi connectivity index (χ2n) is 7.70. The Balaban J connectivity index is 1.35. The molecule has 0 atom stereocenters. The molecular weight excluding hydrogens is 378 g/mol. The van der Waals surface area contributed by atoms with Gasteiger partial charge < -0.3 is 19.1 Å². The number of hydrogen-bond acceptors (Lipinski definition) is 5. The number of hydrogen-bond donors (Lipinski definition) is 0. The zero-order valence-corrected chi connectivity index (χ0v) is 16.7. The molecule has 2 aromatic rings. The molecule has 2 aliphatic heterocycles. The summed E-state index contributed by atoms with van der Waals surface area (Å²) < 4.78 is 8.25. The topological polar surface area (TPSA) is 63.5 Å². The molecule has 0 unspecified atom stereocenters. The maximum absolute atomic E-state index is 12.6. The lowest BCUT2D eigenvalue weighted by Gasteiger charge is -2.42. The van der Waals surface area contributed by atoms with Gasteiger partial charge in [0.25, 0.3) is 0 Å². The first kappa shape index (κ1) is 19.4. The van der Waals surface area contributed by atoms with Crippen molar-refractivity contribution in [3.63, 3.8) is 0 Å². The standard InChI is InChI=1S/C20H26ClN5O2/c21-18-3-1-17(2-4-18)13-26-14-20(28-12-5-19(26)27)6-8-24(9-7-20)10-11-25-15-22-23-16-25/h1-4,15-16H,5-14H2. The van der Waals surface area contributed by atoms with Crippen molar-refractivity contribution in [1.29, 1.82) is 0 Å². The van der Waals surface area contributed by atoms with Crippen LogP contribution in [0.1, 0.15) is 24.8 Å². The molecule has 7 nitrogen and oxygen atoms in total. The van der Waals surface area contributed by atoms with Crippen LogP contribution in [0.4, 0.5) is 0 Å². The fourth-order valence-corrected chi connectivity index (χ4v) is 4.16. The Morgan fingerprint density at radius 2 is 1.79 bits per heavy atom. The quantitative estimate of drug-likeness (QED) is 0.766. The van der Waals surface area contributed by atoms with Crippen molar-refractivity contribution in [2.24, 2.45) is 0 Å². The normalized spacial score (nSPS) is 20.5. The van der Waals surface area contributed by atoms with Crippen LogP contribution < -0.4 is 0 Å². The second-order valence-corrected chi connectivity index (χ2v) is 8.14. The maximum Gasteiger partial charge on any atom is 0.225 e. The molecule has 1 spiro atoms. The van der Waals surface area contributed by atoms with E-state index in [1.807, 2.05) is 33.7 Å². The SMILES string of the molecule is O=C1CCOC2(CCN(CCn3cnnc3)CC2)CN1Cc1ccc(Cl)cc1. The number of halogens is 1. The molecule has 2 aliphatic rings. The third kappa shape index (κ3) is 4.71. The van der Waals surface area contributed by atoms with Crippen LogP contribution in [0.15, 0.2) is 36.9 Å². The Hall–Kier alpha value is -1.96. The van der Waals surface area contributed by atoms with E-state index in [0.29, 0.717) is 31.1 Å². The van der Waals surface area contributed by atoms with Crippen molar-refractivity contribution < 1.29 is 9.53 Å². The Morgan fingerprint density at radius 1 is 1.07 bits per heavy atom. The molecule has 0 saturated carbocycles. The van der Waals surface area contributed by atoms with E-state index in [0.717, 1.165) is 44.6 Å². The van der Waals surface area contributed by atoms with E-state index in [1.165, 1.54) is 0 Å². The van der Waals surface area contributed by atoms with Crippen molar-refractivity contribution in [2.45, 2.75) is 38.0 Å². The minimum atomic E-state index is -0.231. The number of likely N-dealkylation sites (tertiary alicyclic amines) is 1. The number of ether oxygens (including phenoxy) is 1. The van der Waals surface area contributed by atoms with Gasteiger partial charge >= 0.3 is 0 Å². The predicted molar refractivity (Wildman–Crippen MR) is 106 cm³/mol. The van der Waals surface area contributed by atoms with Gasteiger partial charge in [-0.25, -0.2) is 0 Å². The van der Waals surface area contributed by atoms with Gasteiger partial charge in [-0.1, -0.05) is 23.7 Å². The lowest BCUT2D eigenvalue weighted by molar-refractivity contribution is -0.132. The van der Waals surface area contributed by atoms with Gasteiger partial charge in [0, 0.05) is 37.7 Å². The molecule has 1 aromatic heterocycles. The fourth-order valence-electron chi connectivity index (χ4n) is 4.03. The number of amides is 1. The summed E-state index contributed by atoms with van der Waals surface area (Å²) in [5.74, 6) is 0.168. The average Bonchev–Trinajstić information content (AvgIpc) is 3.17. The van der Waals surface area contributed by atoms with Gasteiger partial charge in [-0.05, 0) is 30.5 Å². The summed E-state index contributed by atoms with van der Waals surface area (Å²) in [5.41, 5.74) is 0.868. The molecule has 150 valence electrons. The summed E-state index contributed by atoms with van der Waals surface area (Å²) in [7, 11) is 0. The van der Waals surface area contributed by atoms with Gasteiger partial charge in [0.1, 0.15) is 12.7 Å². The van der Waals surface area contributed by atoms with Crippen LogP contribution in [0.25, 0.3) is 0 Å². The Bertz CT molecular complexity index is 772. The smallest absolute Gasteiger partial charge is 0.225 e. The average molecular weight is 404 g/mol. The molecular formula is C20H26ClN5O2. The zero-order valence-electron chi connectivity index (χ0n) is 16.0. The van der Waals surface area contributed by atoms with Crippen molar-refractivity contribution >= 4 is 17.5 Å². The number of benzene rings is 1. The van der Waals surface area contributed by atoms with E-state index in [-0.39, 0.29) is 11.5 Å². The zero-order chi connectivity index (χ0) is 19.4. The minimum absolute atomic E-state index is 0.168. The largest absolute Gasteiger partial charge is 0.373 e. The van der Waals surface area contributed by atoms with E-state index in [1.54, 1.807) is 12.7 Å². The number of piperidine rings is 1. The van der Waals surface area contributed by atoms with E-state index < -0.39 is 0 Å². The molecule has 8 heteroatoms. The number of carbonyl (C=O) groups is 1. The Morgan fingerprint density at radius 3 is 2.50 bits per heavy atom. The van der Waals surface area contributed by atoms with Gasteiger partial charge in [-0.2, -0.15) is 0 Å². The maximum atomic E-state index is 12.6. The van der Waals surface area contributed by atoms with Gasteiger partial charge in [-0.15, -0.1) is 10.2 Å². The summed E-state index contributed by atoms with van der Waals surface area (Å²) in [6.45, 7) is 5.60. The van der Waals surface area contributed by atoms with Gasteiger partial charge in [0.2, 0.25) is 5.91 Å². The van der Waals surface area contributed by atoms with Crippen LogP contribution in [0, 0.1) is 0 Å². The number of carbonyl (C=O) groups excluding carboxylic acids is 1. The highest BCUT2D eigenvalue weighted by Crippen LogP contribution is 2.31. The highest BCUT2D eigenvalue weighted by molar-refractivity contribution is 6.30. The lowest BCUT2D eigenvalue weighted by atomic mass is 9.90. The molecule has 1 amide bonds. The number of nitrogens with zero attached hydrogens (tertiary/aromatic N) is 5. The van der Waals surface area contributed by atoms with Crippen molar-refractivity contribution in [1.82, 2.24) is 24.6 Å². The van der Waals surface area contributed by atoms with Gasteiger partial charge in [0.05, 0.1) is 25.2 Å². The molecule has 1 aromatic carbocycles.